The Labute approximate surface area is 92.6 Å². The molecule has 0 aliphatic heterocycles. The Balaban J connectivity index is 2.50. The molecule has 1 rings (SSSR count). The molecule has 0 heterocycles. The van der Waals surface area contributed by atoms with Crippen LogP contribution < -0.4 is 10.1 Å². The van der Waals surface area contributed by atoms with Crippen molar-refractivity contribution in [1.29, 1.82) is 0 Å². The molecule has 84 valence electrons. The van der Waals surface area contributed by atoms with Gasteiger partial charge in [-0.2, -0.15) is 0 Å². The fourth-order valence-electron chi connectivity index (χ4n) is 1.53. The van der Waals surface area contributed by atoms with E-state index < -0.39 is 0 Å². The first kappa shape index (κ1) is 12.1. The molecule has 0 radical (unpaired) electrons. The Morgan fingerprint density at radius 1 is 1.40 bits per heavy atom. The van der Waals surface area contributed by atoms with Crippen molar-refractivity contribution in [3.63, 3.8) is 0 Å². The van der Waals surface area contributed by atoms with E-state index in [0.717, 1.165) is 25.1 Å². The van der Waals surface area contributed by atoms with E-state index in [1.54, 1.807) is 0 Å². The number of ether oxygens (including phenoxy) is 1. The molecule has 1 aromatic carbocycles. The molecule has 0 fully saturated rings. The first-order chi connectivity index (χ1) is 7.26. The number of aryl methyl sites for hydroxylation is 1. The second-order valence-electron chi connectivity index (χ2n) is 3.86. The Bertz CT molecular complexity index is 286. The van der Waals surface area contributed by atoms with Gasteiger partial charge in [0.1, 0.15) is 5.75 Å². The lowest BCUT2D eigenvalue weighted by Gasteiger charge is -2.17. The van der Waals surface area contributed by atoms with Crippen molar-refractivity contribution in [3.8, 4) is 5.75 Å². The lowest BCUT2D eigenvalue weighted by Crippen LogP contribution is -2.21. The van der Waals surface area contributed by atoms with Crippen molar-refractivity contribution in [1.82, 2.24) is 5.32 Å². The second kappa shape index (κ2) is 6.46. The van der Waals surface area contributed by atoms with Gasteiger partial charge >= 0.3 is 0 Å². The fraction of sp³-hybridized carbons (Fsp3) is 0.538. The summed E-state index contributed by atoms with van der Waals surface area (Å²) in [4.78, 5) is 0. The van der Waals surface area contributed by atoms with Crippen LogP contribution in [0, 0.1) is 6.92 Å². The van der Waals surface area contributed by atoms with E-state index in [4.69, 9.17) is 4.74 Å². The summed E-state index contributed by atoms with van der Waals surface area (Å²) < 4.78 is 5.91. The lowest BCUT2D eigenvalue weighted by atomic mass is 10.2. The molecule has 1 N–H and O–H groups in total. The van der Waals surface area contributed by atoms with Gasteiger partial charge in [0.05, 0.1) is 6.10 Å². The van der Waals surface area contributed by atoms with Crippen LogP contribution in [0.1, 0.15) is 25.3 Å². The SMILES string of the molecule is CCC(CCNC)Oc1cccc(C)c1. The zero-order chi connectivity index (χ0) is 11.1. The van der Waals surface area contributed by atoms with Gasteiger partial charge in [0.15, 0.2) is 0 Å². The first-order valence-electron chi connectivity index (χ1n) is 5.64. The molecule has 1 unspecified atom stereocenters. The summed E-state index contributed by atoms with van der Waals surface area (Å²) in [6.07, 6.45) is 2.43. The first-order valence-corrected chi connectivity index (χ1v) is 5.64. The highest BCUT2D eigenvalue weighted by molar-refractivity contribution is 5.27. The van der Waals surface area contributed by atoms with Gasteiger partial charge in [0, 0.05) is 0 Å². The van der Waals surface area contributed by atoms with Gasteiger partial charge in [-0.05, 0) is 51.1 Å². The third-order valence-electron chi connectivity index (χ3n) is 2.46. The molecule has 0 amide bonds. The molecule has 2 heteroatoms. The van der Waals surface area contributed by atoms with E-state index in [1.807, 2.05) is 19.2 Å². The summed E-state index contributed by atoms with van der Waals surface area (Å²) in [5.41, 5.74) is 1.25. The van der Waals surface area contributed by atoms with Gasteiger partial charge in [-0.1, -0.05) is 19.1 Å². The third kappa shape index (κ3) is 4.34. The normalized spacial score (nSPS) is 12.5. The Hall–Kier alpha value is -1.02. The van der Waals surface area contributed by atoms with Gasteiger partial charge < -0.3 is 10.1 Å². The second-order valence-corrected chi connectivity index (χ2v) is 3.86. The molecule has 1 aromatic rings. The molecule has 0 bridgehead atoms. The number of hydrogen-bond acceptors (Lipinski definition) is 2. The predicted octanol–water partition coefficient (Wildman–Crippen LogP) is 2.76. The monoisotopic (exact) mass is 207 g/mol. The van der Waals surface area contributed by atoms with Crippen LogP contribution >= 0.6 is 0 Å². The maximum absolute atomic E-state index is 5.91. The molecule has 0 saturated carbocycles. The van der Waals surface area contributed by atoms with Crippen LogP contribution in [-0.2, 0) is 0 Å². The van der Waals surface area contributed by atoms with Crippen LogP contribution in [0.3, 0.4) is 0 Å². The quantitative estimate of drug-likeness (QED) is 0.774. The van der Waals surface area contributed by atoms with Crippen LogP contribution in [0.25, 0.3) is 0 Å². The maximum atomic E-state index is 5.91. The van der Waals surface area contributed by atoms with Gasteiger partial charge in [-0.15, -0.1) is 0 Å². The molecule has 0 saturated heterocycles. The van der Waals surface area contributed by atoms with Crippen LogP contribution in [0.5, 0.6) is 5.75 Å². The van der Waals surface area contributed by atoms with E-state index in [0.29, 0.717) is 6.10 Å². The van der Waals surface area contributed by atoms with Crippen molar-refractivity contribution in [2.24, 2.45) is 0 Å². The standard InChI is InChI=1S/C13H21NO/c1-4-12(8-9-14-3)15-13-7-5-6-11(2)10-13/h5-7,10,12,14H,4,8-9H2,1-3H3. The average molecular weight is 207 g/mol. The topological polar surface area (TPSA) is 21.3 Å². The molecule has 0 spiro atoms. The summed E-state index contributed by atoms with van der Waals surface area (Å²) >= 11 is 0. The van der Waals surface area contributed by atoms with E-state index in [2.05, 4.69) is 31.3 Å². The van der Waals surface area contributed by atoms with Gasteiger partial charge in [0.2, 0.25) is 0 Å². The molecule has 0 aliphatic carbocycles. The Morgan fingerprint density at radius 2 is 2.20 bits per heavy atom. The fourth-order valence-corrected chi connectivity index (χ4v) is 1.53. The van der Waals surface area contributed by atoms with Crippen LogP contribution in [0.15, 0.2) is 24.3 Å². The Morgan fingerprint density at radius 3 is 2.80 bits per heavy atom. The van der Waals surface area contributed by atoms with Gasteiger partial charge in [0.25, 0.3) is 0 Å². The van der Waals surface area contributed by atoms with Crippen molar-refractivity contribution in [2.75, 3.05) is 13.6 Å². The predicted molar refractivity (Wildman–Crippen MR) is 64.4 cm³/mol. The number of hydrogen-bond donors (Lipinski definition) is 1. The van der Waals surface area contributed by atoms with Crippen molar-refractivity contribution >= 4 is 0 Å². The third-order valence-corrected chi connectivity index (χ3v) is 2.46. The highest BCUT2D eigenvalue weighted by Gasteiger charge is 2.06. The molecule has 0 aromatic heterocycles. The van der Waals surface area contributed by atoms with Crippen LogP contribution in [-0.4, -0.2) is 19.7 Å². The molecular weight excluding hydrogens is 186 g/mol. The summed E-state index contributed by atoms with van der Waals surface area (Å²) in [6, 6.07) is 8.23. The summed E-state index contributed by atoms with van der Waals surface area (Å²) in [7, 11) is 1.97. The van der Waals surface area contributed by atoms with Crippen molar-refractivity contribution < 1.29 is 4.74 Å². The van der Waals surface area contributed by atoms with Gasteiger partial charge in [-0.3, -0.25) is 0 Å². The average Bonchev–Trinajstić information content (AvgIpc) is 2.24. The lowest BCUT2D eigenvalue weighted by molar-refractivity contribution is 0.187. The molecule has 15 heavy (non-hydrogen) atoms. The molecule has 2 nitrogen and oxygen atoms in total. The zero-order valence-corrected chi connectivity index (χ0v) is 9.92. The van der Waals surface area contributed by atoms with Crippen molar-refractivity contribution in [3.05, 3.63) is 29.8 Å². The molecule has 0 aliphatic rings. The van der Waals surface area contributed by atoms with E-state index in [1.165, 1.54) is 5.56 Å². The highest BCUT2D eigenvalue weighted by Crippen LogP contribution is 2.16. The minimum Gasteiger partial charge on any atom is -0.490 e. The van der Waals surface area contributed by atoms with Gasteiger partial charge in [-0.25, -0.2) is 0 Å². The van der Waals surface area contributed by atoms with E-state index >= 15 is 0 Å². The van der Waals surface area contributed by atoms with Crippen LogP contribution in [0.2, 0.25) is 0 Å². The highest BCUT2D eigenvalue weighted by atomic mass is 16.5. The summed E-state index contributed by atoms with van der Waals surface area (Å²) in [5.74, 6) is 0.984. The smallest absolute Gasteiger partial charge is 0.119 e. The number of rotatable bonds is 6. The summed E-state index contributed by atoms with van der Waals surface area (Å²) in [6.45, 7) is 5.25. The zero-order valence-electron chi connectivity index (χ0n) is 9.92. The summed E-state index contributed by atoms with van der Waals surface area (Å²) in [5, 5.41) is 3.15. The van der Waals surface area contributed by atoms with Crippen LogP contribution in [0.4, 0.5) is 0 Å². The number of benzene rings is 1. The largest absolute Gasteiger partial charge is 0.490 e. The minimum absolute atomic E-state index is 0.319. The van der Waals surface area contributed by atoms with E-state index in [-0.39, 0.29) is 0 Å². The van der Waals surface area contributed by atoms with E-state index in [9.17, 15) is 0 Å². The van der Waals surface area contributed by atoms with Crippen molar-refractivity contribution in [2.45, 2.75) is 32.8 Å². The Kier molecular flexibility index (Phi) is 5.19. The number of nitrogens with one attached hydrogen (secondary N) is 1. The molecular formula is C13H21NO. The maximum Gasteiger partial charge on any atom is 0.119 e. The minimum atomic E-state index is 0.319. The molecule has 1 atom stereocenters.